The molecule has 0 spiro atoms. The van der Waals surface area contributed by atoms with Crippen LogP contribution >= 0.6 is 0 Å². The van der Waals surface area contributed by atoms with E-state index in [1.807, 2.05) is 11.0 Å². The van der Waals surface area contributed by atoms with Crippen LogP contribution in [0.3, 0.4) is 0 Å². The van der Waals surface area contributed by atoms with Crippen LogP contribution in [0.15, 0.2) is 11.8 Å². The average molecular weight is 251 g/mol. The van der Waals surface area contributed by atoms with Gasteiger partial charge in [0.25, 0.3) is 5.91 Å². The molecule has 1 atom stereocenters. The van der Waals surface area contributed by atoms with Crippen molar-refractivity contribution in [3.05, 3.63) is 11.8 Å². The van der Waals surface area contributed by atoms with Gasteiger partial charge in [0.15, 0.2) is 0 Å². The van der Waals surface area contributed by atoms with Gasteiger partial charge in [-0.2, -0.15) is 5.26 Å². The molecule has 98 valence electrons. The molecular weight excluding hydrogens is 234 g/mol. The smallest absolute Gasteiger partial charge is 0.325 e. The maximum Gasteiger partial charge on any atom is 0.325 e. The summed E-state index contributed by atoms with van der Waals surface area (Å²) in [6.45, 7) is 3.01. The number of carboxylic acids is 1. The predicted octanol–water partition coefficient (Wildman–Crippen LogP) is 0.469. The van der Waals surface area contributed by atoms with E-state index in [0.717, 1.165) is 32.4 Å². The van der Waals surface area contributed by atoms with Crippen molar-refractivity contribution < 1.29 is 14.7 Å². The third-order valence-corrected chi connectivity index (χ3v) is 2.79. The van der Waals surface area contributed by atoms with E-state index in [4.69, 9.17) is 10.4 Å². The lowest BCUT2D eigenvalue weighted by Gasteiger charge is -2.25. The third-order valence-electron chi connectivity index (χ3n) is 2.79. The highest BCUT2D eigenvalue weighted by molar-refractivity contribution is 5.99. The van der Waals surface area contributed by atoms with Crippen LogP contribution < -0.4 is 5.32 Å². The summed E-state index contributed by atoms with van der Waals surface area (Å²) < 4.78 is 0. The lowest BCUT2D eigenvalue weighted by Crippen LogP contribution is -2.39. The molecule has 1 amide bonds. The van der Waals surface area contributed by atoms with Gasteiger partial charge >= 0.3 is 5.97 Å². The molecule has 0 aromatic carbocycles. The Hall–Kier alpha value is -2.03. The SMILES string of the molecule is CC(NC(=O)/C(C#N)=C\N1CCCCC1)C(=O)O. The number of carboxylic acid groups (broad SMARTS) is 1. The molecule has 6 heteroatoms. The zero-order valence-electron chi connectivity index (χ0n) is 10.3. The fourth-order valence-corrected chi connectivity index (χ4v) is 1.70. The first-order chi connectivity index (χ1) is 8.54. The molecule has 1 aliphatic rings. The Morgan fingerprint density at radius 1 is 1.39 bits per heavy atom. The Bertz CT molecular complexity index is 392. The van der Waals surface area contributed by atoms with Gasteiger partial charge in [0.1, 0.15) is 17.7 Å². The number of piperidine rings is 1. The lowest BCUT2D eigenvalue weighted by molar-refractivity contribution is -0.140. The van der Waals surface area contributed by atoms with Crippen LogP contribution in [0, 0.1) is 11.3 Å². The van der Waals surface area contributed by atoms with E-state index in [-0.39, 0.29) is 5.57 Å². The van der Waals surface area contributed by atoms with Gasteiger partial charge in [-0.1, -0.05) is 0 Å². The van der Waals surface area contributed by atoms with Gasteiger partial charge in [0.2, 0.25) is 0 Å². The van der Waals surface area contributed by atoms with E-state index in [9.17, 15) is 9.59 Å². The fraction of sp³-hybridized carbons (Fsp3) is 0.583. The van der Waals surface area contributed by atoms with E-state index in [2.05, 4.69) is 5.32 Å². The van der Waals surface area contributed by atoms with Crippen molar-refractivity contribution in [3.8, 4) is 6.07 Å². The minimum atomic E-state index is -1.13. The summed E-state index contributed by atoms with van der Waals surface area (Å²) in [4.78, 5) is 24.2. The summed E-state index contributed by atoms with van der Waals surface area (Å²) in [6.07, 6.45) is 4.77. The number of likely N-dealkylation sites (tertiary alicyclic amines) is 1. The Kier molecular flexibility index (Phi) is 5.18. The van der Waals surface area contributed by atoms with Crippen LogP contribution in [-0.2, 0) is 9.59 Å². The fourth-order valence-electron chi connectivity index (χ4n) is 1.70. The van der Waals surface area contributed by atoms with Crippen molar-refractivity contribution in [1.82, 2.24) is 10.2 Å². The molecule has 0 aromatic heterocycles. The van der Waals surface area contributed by atoms with Gasteiger partial charge in [-0.05, 0) is 26.2 Å². The molecule has 0 bridgehead atoms. The molecule has 6 nitrogen and oxygen atoms in total. The molecule has 1 saturated heterocycles. The highest BCUT2D eigenvalue weighted by atomic mass is 16.4. The van der Waals surface area contributed by atoms with Gasteiger partial charge in [-0.3, -0.25) is 9.59 Å². The van der Waals surface area contributed by atoms with Crippen LogP contribution in [0.1, 0.15) is 26.2 Å². The van der Waals surface area contributed by atoms with E-state index in [1.165, 1.54) is 13.1 Å². The molecule has 1 heterocycles. The zero-order valence-corrected chi connectivity index (χ0v) is 10.3. The van der Waals surface area contributed by atoms with E-state index in [0.29, 0.717) is 0 Å². The predicted molar refractivity (Wildman–Crippen MR) is 64.4 cm³/mol. The second kappa shape index (κ2) is 6.64. The highest BCUT2D eigenvalue weighted by Crippen LogP contribution is 2.10. The standard InChI is InChI=1S/C12H17N3O3/c1-9(12(17)18)14-11(16)10(7-13)8-15-5-3-2-4-6-15/h8-9H,2-6H2,1H3,(H,14,16)(H,17,18)/b10-8-. The summed E-state index contributed by atoms with van der Waals surface area (Å²) >= 11 is 0. The van der Waals surface area contributed by atoms with Crippen molar-refractivity contribution in [1.29, 1.82) is 5.26 Å². The van der Waals surface area contributed by atoms with Crippen molar-refractivity contribution in [3.63, 3.8) is 0 Å². The minimum absolute atomic E-state index is 0.0509. The molecule has 0 saturated carbocycles. The number of carbonyl (C=O) groups excluding carboxylic acids is 1. The second-order valence-corrected chi connectivity index (χ2v) is 4.28. The van der Waals surface area contributed by atoms with E-state index < -0.39 is 17.9 Å². The van der Waals surface area contributed by atoms with E-state index >= 15 is 0 Å². The van der Waals surface area contributed by atoms with Crippen LogP contribution in [0.4, 0.5) is 0 Å². The van der Waals surface area contributed by atoms with Crippen molar-refractivity contribution in [2.45, 2.75) is 32.2 Å². The highest BCUT2D eigenvalue weighted by Gasteiger charge is 2.18. The third kappa shape index (κ3) is 4.09. The van der Waals surface area contributed by atoms with Crippen molar-refractivity contribution in [2.75, 3.05) is 13.1 Å². The zero-order chi connectivity index (χ0) is 13.5. The quantitative estimate of drug-likeness (QED) is 0.559. The maximum absolute atomic E-state index is 11.7. The summed E-state index contributed by atoms with van der Waals surface area (Å²) in [5, 5.41) is 19.9. The van der Waals surface area contributed by atoms with Gasteiger partial charge in [0, 0.05) is 19.3 Å². The Balaban J connectivity index is 2.64. The first kappa shape index (κ1) is 14.0. The first-order valence-corrected chi connectivity index (χ1v) is 5.94. The largest absolute Gasteiger partial charge is 0.480 e. The lowest BCUT2D eigenvalue weighted by atomic mass is 10.1. The molecule has 0 aliphatic carbocycles. The monoisotopic (exact) mass is 251 g/mol. The topological polar surface area (TPSA) is 93.4 Å². The summed E-state index contributed by atoms with van der Waals surface area (Å²) in [5.74, 6) is -1.77. The number of rotatable bonds is 4. The number of hydrogen-bond donors (Lipinski definition) is 2. The Morgan fingerprint density at radius 2 is 2.00 bits per heavy atom. The first-order valence-electron chi connectivity index (χ1n) is 5.94. The number of nitrogens with zero attached hydrogens (tertiary/aromatic N) is 2. The van der Waals surface area contributed by atoms with Crippen LogP contribution in [0.5, 0.6) is 0 Å². The maximum atomic E-state index is 11.7. The summed E-state index contributed by atoms with van der Waals surface area (Å²) in [5.41, 5.74) is -0.0509. The van der Waals surface area contributed by atoms with Crippen LogP contribution in [0.25, 0.3) is 0 Å². The Labute approximate surface area is 106 Å². The number of carbonyl (C=O) groups is 2. The molecular formula is C12H17N3O3. The van der Waals surface area contributed by atoms with Crippen molar-refractivity contribution >= 4 is 11.9 Å². The number of hydrogen-bond acceptors (Lipinski definition) is 4. The van der Waals surface area contributed by atoms with Gasteiger partial charge in [-0.25, -0.2) is 0 Å². The van der Waals surface area contributed by atoms with Crippen molar-refractivity contribution in [2.24, 2.45) is 0 Å². The molecule has 2 N–H and O–H groups in total. The summed E-state index contributed by atoms with van der Waals surface area (Å²) in [7, 11) is 0. The van der Waals surface area contributed by atoms with Crippen LogP contribution in [-0.4, -0.2) is 41.0 Å². The molecule has 1 unspecified atom stereocenters. The van der Waals surface area contributed by atoms with Gasteiger partial charge in [-0.15, -0.1) is 0 Å². The second-order valence-electron chi connectivity index (χ2n) is 4.28. The number of amides is 1. The molecule has 1 aliphatic heterocycles. The van der Waals surface area contributed by atoms with Gasteiger partial charge < -0.3 is 15.3 Å². The average Bonchev–Trinajstić information content (AvgIpc) is 2.36. The molecule has 1 rings (SSSR count). The summed E-state index contributed by atoms with van der Waals surface area (Å²) in [6, 6.07) is 0.804. The molecule has 0 radical (unpaired) electrons. The molecule has 18 heavy (non-hydrogen) atoms. The number of aliphatic carboxylic acids is 1. The molecule has 0 aromatic rings. The van der Waals surface area contributed by atoms with Gasteiger partial charge in [0.05, 0.1) is 0 Å². The number of nitriles is 1. The van der Waals surface area contributed by atoms with E-state index in [1.54, 1.807) is 0 Å². The normalized spacial score (nSPS) is 17.8. The van der Waals surface area contributed by atoms with Crippen LogP contribution in [0.2, 0.25) is 0 Å². The molecule has 1 fully saturated rings. The minimum Gasteiger partial charge on any atom is -0.480 e. The Morgan fingerprint density at radius 3 is 2.50 bits per heavy atom. The number of nitrogens with one attached hydrogen (secondary N) is 1.